The number of anilines is 1. The first-order valence-electron chi connectivity index (χ1n) is 4.99. The van der Waals surface area contributed by atoms with Crippen molar-refractivity contribution in [1.29, 1.82) is 0 Å². The van der Waals surface area contributed by atoms with Gasteiger partial charge in [0.1, 0.15) is 0 Å². The first-order valence-corrected chi connectivity index (χ1v) is 6.07. The zero-order chi connectivity index (χ0) is 11.1. The number of pyridine rings is 1. The van der Waals surface area contributed by atoms with E-state index in [1.807, 2.05) is 30.3 Å². The third-order valence-electron chi connectivity index (χ3n) is 2.68. The summed E-state index contributed by atoms with van der Waals surface area (Å²) in [6, 6.07) is 14.1. The molecule has 0 radical (unpaired) electrons. The summed E-state index contributed by atoms with van der Waals surface area (Å²) in [5.41, 5.74) is 8.71. The Kier molecular flexibility index (Phi) is 2.21. The molecule has 0 aliphatic carbocycles. The van der Waals surface area contributed by atoms with Crippen molar-refractivity contribution in [2.45, 2.75) is 0 Å². The molecule has 0 fully saturated rings. The van der Waals surface area contributed by atoms with Gasteiger partial charge >= 0.3 is 0 Å². The van der Waals surface area contributed by atoms with E-state index in [0.29, 0.717) is 0 Å². The van der Waals surface area contributed by atoms with Crippen LogP contribution >= 0.6 is 22.6 Å². The Morgan fingerprint density at radius 1 is 0.938 bits per heavy atom. The largest absolute Gasteiger partial charge is 0.398 e. The predicted octanol–water partition coefficient (Wildman–Crippen LogP) is 3.57. The van der Waals surface area contributed by atoms with Crippen LogP contribution < -0.4 is 5.73 Å². The predicted molar refractivity (Wildman–Crippen MR) is 76.4 cm³/mol. The summed E-state index contributed by atoms with van der Waals surface area (Å²) in [6.45, 7) is 0. The van der Waals surface area contributed by atoms with E-state index in [9.17, 15) is 0 Å². The summed E-state index contributed by atoms with van der Waals surface area (Å²) >= 11 is 2.32. The molecular weight excluding hydrogens is 311 g/mol. The van der Waals surface area contributed by atoms with Crippen LogP contribution in [0.1, 0.15) is 0 Å². The topological polar surface area (TPSA) is 38.9 Å². The number of fused-ring (bicyclic) bond motifs is 2. The van der Waals surface area contributed by atoms with Crippen LogP contribution in [0.5, 0.6) is 0 Å². The quantitative estimate of drug-likeness (QED) is 0.391. The fraction of sp³-hybridized carbons (Fsp3) is 0. The molecule has 2 aromatic carbocycles. The van der Waals surface area contributed by atoms with Crippen LogP contribution in [0.25, 0.3) is 21.8 Å². The highest BCUT2D eigenvalue weighted by atomic mass is 127. The first kappa shape index (κ1) is 9.84. The lowest BCUT2D eigenvalue weighted by molar-refractivity contribution is 1.49. The summed E-state index contributed by atoms with van der Waals surface area (Å²) in [5, 5.41) is 2.19. The average molecular weight is 320 g/mol. The van der Waals surface area contributed by atoms with E-state index in [4.69, 9.17) is 5.73 Å². The lowest BCUT2D eigenvalue weighted by Gasteiger charge is -2.05. The van der Waals surface area contributed by atoms with Gasteiger partial charge in [0.15, 0.2) is 0 Å². The molecule has 0 saturated carbocycles. The second kappa shape index (κ2) is 3.59. The molecule has 78 valence electrons. The zero-order valence-corrected chi connectivity index (χ0v) is 10.6. The minimum absolute atomic E-state index is 0.784. The molecule has 0 unspecified atom stereocenters. The number of aromatic nitrogens is 1. The SMILES string of the molecule is Nc1cccc2nc3cccc(I)c3cc12. The van der Waals surface area contributed by atoms with E-state index in [1.165, 1.54) is 3.57 Å². The van der Waals surface area contributed by atoms with E-state index in [0.717, 1.165) is 27.5 Å². The van der Waals surface area contributed by atoms with Gasteiger partial charge in [-0.15, -0.1) is 0 Å². The highest BCUT2D eigenvalue weighted by Gasteiger charge is 2.04. The molecule has 1 heterocycles. The first-order chi connectivity index (χ1) is 7.75. The Hall–Kier alpha value is -1.36. The fourth-order valence-electron chi connectivity index (χ4n) is 1.87. The number of rotatable bonds is 0. The van der Waals surface area contributed by atoms with Crippen LogP contribution in [0, 0.1) is 3.57 Å². The lowest BCUT2D eigenvalue weighted by atomic mass is 10.1. The minimum atomic E-state index is 0.784. The van der Waals surface area contributed by atoms with E-state index in [2.05, 4.69) is 39.7 Å². The fourth-order valence-corrected chi connectivity index (χ4v) is 2.50. The standard InChI is InChI=1S/C13H9IN2/c14-10-3-1-5-12-8(10)7-9-11(15)4-2-6-13(9)16-12/h1-7H,15H2. The molecule has 3 heteroatoms. The highest BCUT2D eigenvalue weighted by Crippen LogP contribution is 2.26. The third-order valence-corrected chi connectivity index (χ3v) is 3.62. The van der Waals surface area contributed by atoms with Crippen molar-refractivity contribution >= 4 is 50.1 Å². The van der Waals surface area contributed by atoms with Gasteiger partial charge in [-0.25, -0.2) is 4.98 Å². The Bertz CT molecular complexity index is 635. The van der Waals surface area contributed by atoms with Gasteiger partial charge in [0, 0.05) is 20.0 Å². The van der Waals surface area contributed by atoms with Crippen LogP contribution in [0.15, 0.2) is 42.5 Å². The van der Waals surface area contributed by atoms with E-state index in [1.54, 1.807) is 0 Å². The maximum absolute atomic E-state index is 5.95. The number of nitrogens with zero attached hydrogens (tertiary/aromatic N) is 1. The van der Waals surface area contributed by atoms with Crippen molar-refractivity contribution in [3.05, 3.63) is 46.0 Å². The van der Waals surface area contributed by atoms with Crippen LogP contribution in [0.3, 0.4) is 0 Å². The van der Waals surface area contributed by atoms with Crippen molar-refractivity contribution in [3.8, 4) is 0 Å². The number of halogens is 1. The summed E-state index contributed by atoms with van der Waals surface area (Å²) in [6.07, 6.45) is 0. The number of nitrogens with two attached hydrogens (primary N) is 1. The van der Waals surface area contributed by atoms with Crippen LogP contribution in [-0.2, 0) is 0 Å². The molecule has 0 aliphatic heterocycles. The summed E-state index contributed by atoms with van der Waals surface area (Å²) in [4.78, 5) is 4.61. The Labute approximate surface area is 107 Å². The molecule has 0 amide bonds. The smallest absolute Gasteiger partial charge is 0.0730 e. The summed E-state index contributed by atoms with van der Waals surface area (Å²) in [5.74, 6) is 0. The molecule has 0 atom stereocenters. The number of nitrogen functional groups attached to an aromatic ring is 1. The second-order valence-electron chi connectivity index (χ2n) is 3.71. The molecule has 0 aliphatic rings. The minimum Gasteiger partial charge on any atom is -0.398 e. The Morgan fingerprint density at radius 3 is 2.44 bits per heavy atom. The van der Waals surface area contributed by atoms with Gasteiger partial charge < -0.3 is 5.73 Å². The third kappa shape index (κ3) is 1.43. The maximum atomic E-state index is 5.95. The molecule has 16 heavy (non-hydrogen) atoms. The van der Waals surface area contributed by atoms with Gasteiger partial charge in [0.25, 0.3) is 0 Å². The van der Waals surface area contributed by atoms with Gasteiger partial charge in [0.2, 0.25) is 0 Å². The molecule has 2 nitrogen and oxygen atoms in total. The molecule has 1 aromatic heterocycles. The monoisotopic (exact) mass is 320 g/mol. The molecular formula is C13H9IN2. The summed E-state index contributed by atoms with van der Waals surface area (Å²) in [7, 11) is 0. The molecule has 2 N–H and O–H groups in total. The number of hydrogen-bond acceptors (Lipinski definition) is 2. The van der Waals surface area contributed by atoms with Gasteiger partial charge in [-0.05, 0) is 52.9 Å². The summed E-state index contributed by atoms with van der Waals surface area (Å²) < 4.78 is 1.20. The molecule has 0 spiro atoms. The van der Waals surface area contributed by atoms with E-state index < -0.39 is 0 Å². The van der Waals surface area contributed by atoms with Crippen molar-refractivity contribution in [3.63, 3.8) is 0 Å². The average Bonchev–Trinajstić information content (AvgIpc) is 2.28. The van der Waals surface area contributed by atoms with Gasteiger partial charge in [-0.3, -0.25) is 0 Å². The van der Waals surface area contributed by atoms with E-state index >= 15 is 0 Å². The zero-order valence-electron chi connectivity index (χ0n) is 8.44. The van der Waals surface area contributed by atoms with Crippen LogP contribution in [0.4, 0.5) is 5.69 Å². The highest BCUT2D eigenvalue weighted by molar-refractivity contribution is 14.1. The normalized spacial score (nSPS) is 11.1. The molecule has 0 saturated heterocycles. The van der Waals surface area contributed by atoms with E-state index in [-0.39, 0.29) is 0 Å². The van der Waals surface area contributed by atoms with Gasteiger partial charge in [-0.2, -0.15) is 0 Å². The number of benzene rings is 2. The van der Waals surface area contributed by atoms with Crippen molar-refractivity contribution in [1.82, 2.24) is 4.98 Å². The van der Waals surface area contributed by atoms with Crippen molar-refractivity contribution in [2.75, 3.05) is 5.73 Å². The molecule has 3 aromatic rings. The van der Waals surface area contributed by atoms with Gasteiger partial charge in [-0.1, -0.05) is 12.1 Å². The second-order valence-corrected chi connectivity index (χ2v) is 4.87. The van der Waals surface area contributed by atoms with Gasteiger partial charge in [0.05, 0.1) is 11.0 Å². The Balaban J connectivity index is 2.55. The van der Waals surface area contributed by atoms with Crippen molar-refractivity contribution < 1.29 is 0 Å². The lowest BCUT2D eigenvalue weighted by Crippen LogP contribution is -1.90. The van der Waals surface area contributed by atoms with Crippen LogP contribution in [-0.4, -0.2) is 4.98 Å². The maximum Gasteiger partial charge on any atom is 0.0730 e. The molecule has 0 bridgehead atoms. The van der Waals surface area contributed by atoms with Crippen LogP contribution in [0.2, 0.25) is 0 Å². The van der Waals surface area contributed by atoms with Crippen molar-refractivity contribution in [2.24, 2.45) is 0 Å². The number of hydrogen-bond donors (Lipinski definition) is 1. The molecule has 3 rings (SSSR count). The Morgan fingerprint density at radius 2 is 1.62 bits per heavy atom.